The maximum atomic E-state index is 10.9. The predicted octanol–water partition coefficient (Wildman–Crippen LogP) is 2.31. The van der Waals surface area contributed by atoms with Crippen LogP contribution in [0, 0.1) is 13.8 Å². The zero-order chi connectivity index (χ0) is 12.1. The summed E-state index contributed by atoms with van der Waals surface area (Å²) in [6, 6.07) is 1.86. The molecule has 0 aromatic heterocycles. The Balaban J connectivity index is 3.23. The van der Waals surface area contributed by atoms with Crippen molar-refractivity contribution in [1.82, 2.24) is 0 Å². The Bertz CT molecular complexity index is 383. The van der Waals surface area contributed by atoms with Crippen LogP contribution in [0.2, 0.25) is 0 Å². The molecule has 1 rings (SSSR count). The van der Waals surface area contributed by atoms with Crippen molar-refractivity contribution in [3.05, 3.63) is 28.3 Å². The van der Waals surface area contributed by atoms with E-state index >= 15 is 0 Å². The van der Waals surface area contributed by atoms with Crippen molar-refractivity contribution in [2.45, 2.75) is 20.3 Å². The summed E-state index contributed by atoms with van der Waals surface area (Å²) in [5.74, 6) is 0.673. The second-order valence-corrected chi connectivity index (χ2v) is 3.78. The van der Waals surface area contributed by atoms with Crippen LogP contribution >= 0.6 is 0 Å². The van der Waals surface area contributed by atoms with Crippen LogP contribution in [0.4, 0.5) is 0 Å². The summed E-state index contributed by atoms with van der Waals surface area (Å²) in [7, 11) is 3.27. The van der Waals surface area contributed by atoms with Gasteiger partial charge in [0.1, 0.15) is 5.75 Å². The van der Waals surface area contributed by atoms with E-state index in [0.29, 0.717) is 17.9 Å². The molecule has 16 heavy (non-hydrogen) atoms. The minimum absolute atomic E-state index is 0.610. The minimum atomic E-state index is 0.610. The molecule has 1 aromatic carbocycles. The van der Waals surface area contributed by atoms with Gasteiger partial charge < -0.3 is 9.47 Å². The second kappa shape index (κ2) is 5.66. The molecule has 3 heteroatoms. The molecule has 1 aromatic rings. The number of aldehydes is 1. The van der Waals surface area contributed by atoms with Gasteiger partial charge in [0.15, 0.2) is 6.29 Å². The summed E-state index contributed by atoms with van der Waals surface area (Å²) < 4.78 is 10.3. The van der Waals surface area contributed by atoms with Crippen molar-refractivity contribution < 1.29 is 14.3 Å². The molecule has 0 unspecified atom stereocenters. The molecule has 0 spiro atoms. The van der Waals surface area contributed by atoms with E-state index in [-0.39, 0.29) is 0 Å². The summed E-state index contributed by atoms with van der Waals surface area (Å²) in [5, 5.41) is 0. The van der Waals surface area contributed by atoms with Gasteiger partial charge in [-0.25, -0.2) is 0 Å². The normalized spacial score (nSPS) is 10.2. The average Bonchev–Trinajstić information content (AvgIpc) is 2.28. The molecule has 0 bridgehead atoms. The van der Waals surface area contributed by atoms with Crippen molar-refractivity contribution in [3.8, 4) is 5.75 Å². The summed E-state index contributed by atoms with van der Waals surface area (Å²) in [4.78, 5) is 10.9. The molecule has 0 heterocycles. The van der Waals surface area contributed by atoms with Crippen molar-refractivity contribution in [2.75, 3.05) is 20.8 Å². The quantitative estimate of drug-likeness (QED) is 0.717. The van der Waals surface area contributed by atoms with E-state index in [1.54, 1.807) is 14.2 Å². The third-order valence-corrected chi connectivity index (χ3v) is 2.79. The van der Waals surface area contributed by atoms with Gasteiger partial charge in [0.05, 0.1) is 19.3 Å². The number of ether oxygens (including phenoxy) is 2. The SMILES string of the molecule is COCCc1c(C)cc(C=O)c(OC)c1C. The molecule has 3 nitrogen and oxygen atoms in total. The third-order valence-electron chi connectivity index (χ3n) is 2.79. The maximum Gasteiger partial charge on any atom is 0.153 e. The Morgan fingerprint density at radius 3 is 2.50 bits per heavy atom. The second-order valence-electron chi connectivity index (χ2n) is 3.78. The van der Waals surface area contributed by atoms with Crippen LogP contribution in [-0.4, -0.2) is 27.1 Å². The number of rotatable bonds is 5. The predicted molar refractivity (Wildman–Crippen MR) is 63.4 cm³/mol. The van der Waals surface area contributed by atoms with Gasteiger partial charge in [-0.2, -0.15) is 0 Å². The Morgan fingerprint density at radius 1 is 1.31 bits per heavy atom. The molecule has 0 N–H and O–H groups in total. The Hall–Kier alpha value is -1.35. The van der Waals surface area contributed by atoms with Crippen LogP contribution < -0.4 is 4.74 Å². The fourth-order valence-corrected chi connectivity index (χ4v) is 1.98. The first-order valence-corrected chi connectivity index (χ1v) is 5.26. The Kier molecular flexibility index (Phi) is 4.50. The third kappa shape index (κ3) is 2.42. The standard InChI is InChI=1S/C13H18O3/c1-9-7-11(8-14)13(16-4)10(2)12(9)5-6-15-3/h7-8H,5-6H2,1-4H3. The molecule has 0 saturated heterocycles. The van der Waals surface area contributed by atoms with E-state index in [0.717, 1.165) is 23.8 Å². The summed E-state index contributed by atoms with van der Waals surface area (Å²) >= 11 is 0. The molecule has 0 amide bonds. The molecule has 0 fully saturated rings. The van der Waals surface area contributed by atoms with Gasteiger partial charge in [-0.05, 0) is 43.0 Å². The first-order valence-electron chi connectivity index (χ1n) is 5.26. The van der Waals surface area contributed by atoms with Crippen molar-refractivity contribution >= 4 is 6.29 Å². The number of aryl methyl sites for hydroxylation is 1. The van der Waals surface area contributed by atoms with Crippen LogP contribution in [0.1, 0.15) is 27.0 Å². The summed E-state index contributed by atoms with van der Waals surface area (Å²) in [6.45, 7) is 4.65. The molecule has 0 aliphatic carbocycles. The number of carbonyl (C=O) groups excluding carboxylic acids is 1. The maximum absolute atomic E-state index is 10.9. The number of carbonyl (C=O) groups is 1. The highest BCUT2D eigenvalue weighted by Gasteiger charge is 2.12. The fourth-order valence-electron chi connectivity index (χ4n) is 1.98. The molecular formula is C13H18O3. The lowest BCUT2D eigenvalue weighted by atomic mass is 9.96. The number of methoxy groups -OCH3 is 2. The van der Waals surface area contributed by atoms with Gasteiger partial charge in [0, 0.05) is 7.11 Å². The lowest BCUT2D eigenvalue weighted by molar-refractivity contribution is 0.112. The van der Waals surface area contributed by atoms with Gasteiger partial charge in [0.25, 0.3) is 0 Å². The van der Waals surface area contributed by atoms with Gasteiger partial charge in [0.2, 0.25) is 0 Å². The molecule has 0 aliphatic heterocycles. The molecular weight excluding hydrogens is 204 g/mol. The van der Waals surface area contributed by atoms with Crippen LogP contribution in [0.5, 0.6) is 5.75 Å². The zero-order valence-electron chi connectivity index (χ0n) is 10.3. The lowest BCUT2D eigenvalue weighted by Crippen LogP contribution is -2.04. The number of hydrogen-bond donors (Lipinski definition) is 0. The highest BCUT2D eigenvalue weighted by atomic mass is 16.5. The number of hydrogen-bond acceptors (Lipinski definition) is 3. The van der Waals surface area contributed by atoms with E-state index in [1.165, 1.54) is 5.56 Å². The lowest BCUT2D eigenvalue weighted by Gasteiger charge is -2.15. The monoisotopic (exact) mass is 222 g/mol. The fraction of sp³-hybridized carbons (Fsp3) is 0.462. The average molecular weight is 222 g/mol. The summed E-state index contributed by atoms with van der Waals surface area (Å²) in [5.41, 5.74) is 3.95. The van der Waals surface area contributed by atoms with Gasteiger partial charge in [-0.15, -0.1) is 0 Å². The first-order chi connectivity index (χ1) is 7.65. The smallest absolute Gasteiger partial charge is 0.153 e. The molecule has 0 radical (unpaired) electrons. The highest BCUT2D eigenvalue weighted by Crippen LogP contribution is 2.28. The number of benzene rings is 1. The molecule has 0 saturated carbocycles. The topological polar surface area (TPSA) is 35.5 Å². The van der Waals surface area contributed by atoms with E-state index < -0.39 is 0 Å². The molecule has 0 atom stereocenters. The Morgan fingerprint density at radius 2 is 2.00 bits per heavy atom. The Labute approximate surface area is 96.4 Å². The van der Waals surface area contributed by atoms with Gasteiger partial charge >= 0.3 is 0 Å². The van der Waals surface area contributed by atoms with E-state index in [9.17, 15) is 4.79 Å². The molecule has 0 aliphatic rings. The van der Waals surface area contributed by atoms with Crippen LogP contribution in [0.3, 0.4) is 0 Å². The minimum Gasteiger partial charge on any atom is -0.496 e. The van der Waals surface area contributed by atoms with Crippen LogP contribution in [-0.2, 0) is 11.2 Å². The van der Waals surface area contributed by atoms with Crippen LogP contribution in [0.15, 0.2) is 6.07 Å². The van der Waals surface area contributed by atoms with Crippen molar-refractivity contribution in [3.63, 3.8) is 0 Å². The first kappa shape index (κ1) is 12.7. The van der Waals surface area contributed by atoms with Gasteiger partial charge in [-0.1, -0.05) is 0 Å². The summed E-state index contributed by atoms with van der Waals surface area (Å²) in [6.07, 6.45) is 1.67. The van der Waals surface area contributed by atoms with Gasteiger partial charge in [-0.3, -0.25) is 4.79 Å². The van der Waals surface area contributed by atoms with Crippen molar-refractivity contribution in [2.24, 2.45) is 0 Å². The van der Waals surface area contributed by atoms with Crippen LogP contribution in [0.25, 0.3) is 0 Å². The van der Waals surface area contributed by atoms with E-state index in [1.807, 2.05) is 19.9 Å². The van der Waals surface area contributed by atoms with Crippen molar-refractivity contribution in [1.29, 1.82) is 0 Å². The highest BCUT2D eigenvalue weighted by molar-refractivity contribution is 5.81. The molecule has 88 valence electrons. The van der Waals surface area contributed by atoms with E-state index in [2.05, 4.69) is 0 Å². The van der Waals surface area contributed by atoms with E-state index in [4.69, 9.17) is 9.47 Å². The zero-order valence-corrected chi connectivity index (χ0v) is 10.3. The largest absolute Gasteiger partial charge is 0.496 e.